The van der Waals surface area contributed by atoms with Crippen molar-refractivity contribution >= 4 is 22.9 Å². The van der Waals surface area contributed by atoms with Gasteiger partial charge in [0.15, 0.2) is 0 Å². The topological polar surface area (TPSA) is 46.3 Å². The molecule has 2 N–H and O–H groups in total. The van der Waals surface area contributed by atoms with Crippen LogP contribution in [0.5, 0.6) is 0 Å². The first-order chi connectivity index (χ1) is 9.09. The van der Waals surface area contributed by atoms with Crippen LogP contribution in [-0.2, 0) is 6.54 Å². The molecule has 0 aliphatic carbocycles. The highest BCUT2D eigenvalue weighted by Gasteiger charge is 2.20. The Hall–Kier alpha value is -1.81. The fourth-order valence-electron chi connectivity index (χ4n) is 1.91. The van der Waals surface area contributed by atoms with Gasteiger partial charge in [-0.05, 0) is 37.4 Å². The summed E-state index contributed by atoms with van der Waals surface area (Å²) in [6, 6.07) is 11.4. The normalized spacial score (nSPS) is 10.7. The highest BCUT2D eigenvalue weighted by atomic mass is 32.1. The van der Waals surface area contributed by atoms with E-state index in [1.165, 1.54) is 4.88 Å². The molecular formula is C15H18N2OS. The number of carbonyl (C=O) groups is 1. The molecule has 100 valence electrons. The summed E-state index contributed by atoms with van der Waals surface area (Å²) in [6.45, 7) is 4.66. The van der Waals surface area contributed by atoms with Gasteiger partial charge in [0, 0.05) is 16.6 Å². The average Bonchev–Trinajstić information content (AvgIpc) is 2.88. The van der Waals surface area contributed by atoms with Crippen molar-refractivity contribution in [2.24, 2.45) is 0 Å². The van der Waals surface area contributed by atoms with E-state index in [0.717, 1.165) is 0 Å². The third-order valence-corrected chi connectivity index (χ3v) is 3.84. The summed E-state index contributed by atoms with van der Waals surface area (Å²) in [5, 5.41) is 2.02. The number of para-hydroxylation sites is 1. The number of anilines is 1. The molecule has 19 heavy (non-hydrogen) atoms. The Labute approximate surface area is 117 Å². The van der Waals surface area contributed by atoms with Crippen LogP contribution >= 0.6 is 11.3 Å². The third kappa shape index (κ3) is 3.15. The fourth-order valence-corrected chi connectivity index (χ4v) is 2.61. The Kier molecular flexibility index (Phi) is 4.22. The zero-order chi connectivity index (χ0) is 13.8. The molecule has 0 atom stereocenters. The molecule has 0 aliphatic rings. The number of benzene rings is 1. The molecule has 0 radical (unpaired) electrons. The summed E-state index contributed by atoms with van der Waals surface area (Å²) < 4.78 is 0. The van der Waals surface area contributed by atoms with Gasteiger partial charge in [-0.1, -0.05) is 18.2 Å². The summed E-state index contributed by atoms with van der Waals surface area (Å²) in [5.74, 6) is -0.0125. The van der Waals surface area contributed by atoms with Crippen LogP contribution in [0.3, 0.4) is 0 Å². The first-order valence-electron chi connectivity index (χ1n) is 6.27. The monoisotopic (exact) mass is 274 g/mol. The maximum Gasteiger partial charge on any atom is 0.256 e. The van der Waals surface area contributed by atoms with Crippen LogP contribution < -0.4 is 5.73 Å². The summed E-state index contributed by atoms with van der Waals surface area (Å²) in [5.41, 5.74) is 7.00. The van der Waals surface area contributed by atoms with Crippen molar-refractivity contribution in [3.63, 3.8) is 0 Å². The minimum absolute atomic E-state index is 0.0125. The molecule has 0 fully saturated rings. The second-order valence-electron chi connectivity index (χ2n) is 4.69. The number of nitrogens with zero attached hydrogens (tertiary/aromatic N) is 1. The maximum atomic E-state index is 12.6. The van der Waals surface area contributed by atoms with Gasteiger partial charge in [0.2, 0.25) is 0 Å². The number of nitrogen functional groups attached to an aromatic ring is 1. The van der Waals surface area contributed by atoms with Crippen LogP contribution in [0.15, 0.2) is 41.8 Å². The van der Waals surface area contributed by atoms with E-state index in [1.807, 2.05) is 48.4 Å². The zero-order valence-corrected chi connectivity index (χ0v) is 12.0. The molecule has 0 spiro atoms. The van der Waals surface area contributed by atoms with Crippen molar-refractivity contribution < 1.29 is 4.79 Å². The van der Waals surface area contributed by atoms with Gasteiger partial charge in [0.25, 0.3) is 5.91 Å². The van der Waals surface area contributed by atoms with Gasteiger partial charge >= 0.3 is 0 Å². The second kappa shape index (κ2) is 5.89. The highest BCUT2D eigenvalue weighted by molar-refractivity contribution is 7.09. The van der Waals surface area contributed by atoms with E-state index in [4.69, 9.17) is 5.73 Å². The van der Waals surface area contributed by atoms with Crippen LogP contribution in [0.2, 0.25) is 0 Å². The first-order valence-corrected chi connectivity index (χ1v) is 7.15. The Balaban J connectivity index is 2.24. The number of rotatable bonds is 4. The molecule has 1 aromatic carbocycles. The summed E-state index contributed by atoms with van der Waals surface area (Å²) in [7, 11) is 0. The van der Waals surface area contributed by atoms with Gasteiger partial charge in [-0.2, -0.15) is 0 Å². The van der Waals surface area contributed by atoms with Gasteiger partial charge < -0.3 is 10.6 Å². The molecule has 3 nitrogen and oxygen atoms in total. The minimum Gasteiger partial charge on any atom is -0.398 e. The quantitative estimate of drug-likeness (QED) is 0.869. The van der Waals surface area contributed by atoms with Gasteiger partial charge in [0.05, 0.1) is 12.1 Å². The van der Waals surface area contributed by atoms with Crippen molar-refractivity contribution in [1.82, 2.24) is 4.90 Å². The van der Waals surface area contributed by atoms with Crippen LogP contribution in [0.25, 0.3) is 0 Å². The zero-order valence-electron chi connectivity index (χ0n) is 11.2. The fraction of sp³-hybridized carbons (Fsp3) is 0.267. The van der Waals surface area contributed by atoms with E-state index in [9.17, 15) is 4.79 Å². The van der Waals surface area contributed by atoms with Crippen LogP contribution in [0.4, 0.5) is 5.69 Å². The Morgan fingerprint density at radius 3 is 2.58 bits per heavy atom. The van der Waals surface area contributed by atoms with Crippen LogP contribution in [-0.4, -0.2) is 16.8 Å². The Morgan fingerprint density at radius 1 is 1.26 bits per heavy atom. The Morgan fingerprint density at radius 2 is 2.00 bits per heavy atom. The van der Waals surface area contributed by atoms with E-state index in [2.05, 4.69) is 0 Å². The number of nitrogens with two attached hydrogens (primary N) is 1. The first kappa shape index (κ1) is 13.6. The molecule has 0 aliphatic heterocycles. The molecule has 0 bridgehead atoms. The molecule has 2 rings (SSSR count). The van der Waals surface area contributed by atoms with Gasteiger partial charge in [0.1, 0.15) is 0 Å². The van der Waals surface area contributed by atoms with Crippen molar-refractivity contribution in [3.05, 3.63) is 52.2 Å². The smallest absolute Gasteiger partial charge is 0.256 e. The highest BCUT2D eigenvalue weighted by Crippen LogP contribution is 2.19. The standard InChI is InChI=1S/C15H18N2OS/c1-11(2)17(10-12-6-5-9-19-12)15(18)13-7-3-4-8-14(13)16/h3-9,11H,10,16H2,1-2H3. The Bertz CT molecular complexity index is 549. The number of thiophene rings is 1. The predicted octanol–water partition coefficient (Wildman–Crippen LogP) is 3.38. The van der Waals surface area contributed by atoms with Crippen molar-refractivity contribution in [3.8, 4) is 0 Å². The lowest BCUT2D eigenvalue weighted by Crippen LogP contribution is -2.36. The number of amides is 1. The molecule has 0 unspecified atom stereocenters. The number of carbonyl (C=O) groups excluding carboxylic acids is 1. The van der Waals surface area contributed by atoms with E-state index >= 15 is 0 Å². The largest absolute Gasteiger partial charge is 0.398 e. The SMILES string of the molecule is CC(C)N(Cc1cccs1)C(=O)c1ccccc1N. The lowest BCUT2D eigenvalue weighted by Gasteiger charge is -2.26. The molecule has 1 amide bonds. The average molecular weight is 274 g/mol. The lowest BCUT2D eigenvalue weighted by atomic mass is 10.1. The molecule has 1 aromatic heterocycles. The summed E-state index contributed by atoms with van der Waals surface area (Å²) >= 11 is 1.66. The van der Waals surface area contributed by atoms with Crippen LogP contribution in [0.1, 0.15) is 29.1 Å². The molecule has 1 heterocycles. The number of hydrogen-bond donors (Lipinski definition) is 1. The van der Waals surface area contributed by atoms with Gasteiger partial charge in [-0.25, -0.2) is 0 Å². The lowest BCUT2D eigenvalue weighted by molar-refractivity contribution is 0.0693. The van der Waals surface area contributed by atoms with Crippen molar-refractivity contribution in [2.45, 2.75) is 26.4 Å². The minimum atomic E-state index is -0.0125. The summed E-state index contributed by atoms with van der Waals surface area (Å²) in [4.78, 5) is 15.6. The molecule has 0 saturated heterocycles. The van der Waals surface area contributed by atoms with Crippen molar-refractivity contribution in [1.29, 1.82) is 0 Å². The molecule has 2 aromatic rings. The predicted molar refractivity (Wildman–Crippen MR) is 80.2 cm³/mol. The van der Waals surface area contributed by atoms with E-state index < -0.39 is 0 Å². The summed E-state index contributed by atoms with van der Waals surface area (Å²) in [6.07, 6.45) is 0. The van der Waals surface area contributed by atoms with Crippen LogP contribution in [0, 0.1) is 0 Å². The van der Waals surface area contributed by atoms with Gasteiger partial charge in [-0.3, -0.25) is 4.79 Å². The molecule has 0 saturated carbocycles. The van der Waals surface area contributed by atoms with E-state index in [0.29, 0.717) is 17.8 Å². The molecule has 4 heteroatoms. The number of hydrogen-bond acceptors (Lipinski definition) is 3. The van der Waals surface area contributed by atoms with Gasteiger partial charge in [-0.15, -0.1) is 11.3 Å². The second-order valence-corrected chi connectivity index (χ2v) is 5.73. The molecular weight excluding hydrogens is 256 g/mol. The van der Waals surface area contributed by atoms with E-state index in [1.54, 1.807) is 23.5 Å². The third-order valence-electron chi connectivity index (χ3n) is 2.98. The maximum absolute atomic E-state index is 12.6. The van der Waals surface area contributed by atoms with Crippen molar-refractivity contribution in [2.75, 3.05) is 5.73 Å². The van der Waals surface area contributed by atoms with E-state index in [-0.39, 0.29) is 11.9 Å².